The van der Waals surface area contributed by atoms with E-state index in [2.05, 4.69) is 26.6 Å². The van der Waals surface area contributed by atoms with Crippen molar-refractivity contribution in [3.8, 4) is 0 Å². The fraction of sp³-hybridized carbons (Fsp3) is 0.750. The molecular formula is C56H96N10O17. The first-order chi connectivity index (χ1) is 39.7. The van der Waals surface area contributed by atoms with Gasteiger partial charge in [-0.25, -0.2) is 20.3 Å². The normalized spacial score (nSPS) is 11.0. The molecule has 10 N–H and O–H groups in total. The highest BCUT2D eigenvalue weighted by molar-refractivity contribution is 5.85. The van der Waals surface area contributed by atoms with Gasteiger partial charge in [0.2, 0.25) is 41.4 Å². The highest BCUT2D eigenvalue weighted by Crippen LogP contribution is 2.15. The summed E-state index contributed by atoms with van der Waals surface area (Å²) in [4.78, 5) is 146. The number of hydroxylamine groups is 8. The average molecular weight is 1180 g/mol. The number of Topliss-reactive ketones (excluding diaryl/α,β-unsaturated/α-hetero) is 2. The van der Waals surface area contributed by atoms with Crippen molar-refractivity contribution < 1.29 is 73.9 Å². The molecule has 0 heterocycles. The van der Waals surface area contributed by atoms with E-state index in [4.69, 9.17) is 5.11 Å². The number of rotatable bonds is 53. The van der Waals surface area contributed by atoms with Crippen LogP contribution < -0.4 is 37.4 Å². The number of hydrogen-bond donors (Lipinski definition) is 10. The number of amides is 7. The number of ketones is 2. The Balaban J connectivity index is 2.18. The topological polar surface area (TPSA) is 382 Å². The molecule has 1 rings (SSSR count). The Kier molecular flexibility index (Phi) is 41.4. The van der Waals surface area contributed by atoms with Gasteiger partial charge in [-0.2, -0.15) is 0 Å². The van der Waals surface area contributed by atoms with Crippen molar-refractivity contribution in [1.29, 1.82) is 0 Å². The molecule has 1 aromatic rings. The minimum Gasteiger partial charge on any atom is -0.481 e. The van der Waals surface area contributed by atoms with E-state index in [9.17, 15) is 78.4 Å². The van der Waals surface area contributed by atoms with Gasteiger partial charge >= 0.3 is 5.97 Å². The third-order valence-corrected chi connectivity index (χ3v) is 13.6. The number of carboxylic acids is 1. The van der Waals surface area contributed by atoms with Crippen LogP contribution in [-0.2, 0) is 47.9 Å². The van der Waals surface area contributed by atoms with Gasteiger partial charge in [-0.15, -0.1) is 0 Å². The summed E-state index contributed by atoms with van der Waals surface area (Å²) in [5, 5.41) is 65.1. The number of carbonyl (C=O) groups excluding carboxylic acids is 9. The van der Waals surface area contributed by atoms with Crippen molar-refractivity contribution in [1.82, 2.24) is 41.1 Å². The predicted octanol–water partition coefficient (Wildman–Crippen LogP) is 3.81. The van der Waals surface area contributed by atoms with Crippen molar-refractivity contribution in [2.45, 2.75) is 194 Å². The van der Waals surface area contributed by atoms with E-state index in [1.807, 2.05) is 11.8 Å². The quantitative estimate of drug-likeness (QED) is 0.0192. The number of unbranched alkanes of at least 4 members (excludes halogenated alkanes) is 10. The van der Waals surface area contributed by atoms with E-state index in [1.54, 1.807) is 0 Å². The Bertz CT molecular complexity index is 2210. The van der Waals surface area contributed by atoms with Gasteiger partial charge in [-0.3, -0.25) is 83.3 Å². The summed E-state index contributed by atoms with van der Waals surface area (Å²) in [6.45, 7) is 6.82. The molecule has 0 aliphatic rings. The van der Waals surface area contributed by atoms with Crippen molar-refractivity contribution in [3.05, 3.63) is 20.4 Å². The predicted molar refractivity (Wildman–Crippen MR) is 306 cm³/mol. The minimum atomic E-state index is -0.968. The lowest BCUT2D eigenvalue weighted by molar-refractivity contribution is -0.166. The van der Waals surface area contributed by atoms with E-state index in [0.29, 0.717) is 175 Å². The maximum Gasteiger partial charge on any atom is 0.303 e. The first kappa shape index (κ1) is 74.6. The van der Waals surface area contributed by atoms with Gasteiger partial charge in [0.05, 0.1) is 0 Å². The van der Waals surface area contributed by atoms with Crippen LogP contribution in [0.15, 0.2) is 9.59 Å². The molecule has 0 bridgehead atoms. The van der Waals surface area contributed by atoms with Gasteiger partial charge in [-0.1, -0.05) is 26.2 Å². The lowest BCUT2D eigenvalue weighted by Gasteiger charge is -2.23. The molecule has 0 unspecified atom stereocenters. The molecule has 83 heavy (non-hydrogen) atoms. The standard InChI is InChI=1S/C56H96N10O17/c1-3-4-20-44(68)22-19-36-62(41-34-59-46(70)23-18-24-52(76)77)42-35-61-54-53(55(78)56(54)79)60-33-13-9-17-39-64(81)49(73)28-25-45(69)21-10-5-6-14-38-65(82)50(74)29-26-48(72)58-32-12-8-16-40-66(83)51(75)30-27-47(71)57-31-11-7-15-37-63(80)43(2)67/h60-61,80-83H,3-42H2,1-2H3,(H,57,71)(H,58,72)(H,59,70)(H,76,77). The second-order valence-electron chi connectivity index (χ2n) is 20.7. The number of aliphatic carboxylic acids is 1. The first-order valence-corrected chi connectivity index (χ1v) is 29.7. The molecule has 0 aromatic heterocycles. The Morgan fingerprint density at radius 3 is 1.27 bits per heavy atom. The molecule has 472 valence electrons. The minimum absolute atomic E-state index is 0.0321. The molecule has 0 spiro atoms. The molecule has 7 amide bonds. The molecule has 0 atom stereocenters. The molecule has 27 nitrogen and oxygen atoms in total. The summed E-state index contributed by atoms with van der Waals surface area (Å²) in [5.41, 5.74) is -0.917. The fourth-order valence-electron chi connectivity index (χ4n) is 8.45. The maximum atomic E-state index is 12.5. The highest BCUT2D eigenvalue weighted by Gasteiger charge is 2.21. The van der Waals surface area contributed by atoms with Gasteiger partial charge in [0.1, 0.15) is 22.9 Å². The van der Waals surface area contributed by atoms with E-state index >= 15 is 0 Å². The molecule has 1 aromatic carbocycles. The van der Waals surface area contributed by atoms with Gasteiger partial charge in [-0.05, 0) is 96.4 Å². The van der Waals surface area contributed by atoms with Gasteiger partial charge < -0.3 is 31.7 Å². The Morgan fingerprint density at radius 1 is 0.361 bits per heavy atom. The summed E-state index contributed by atoms with van der Waals surface area (Å²) < 4.78 is 0. The van der Waals surface area contributed by atoms with Gasteiger partial charge in [0.15, 0.2) is 0 Å². The SMILES string of the molecule is CCCCC(=O)CCCN(CCNC(=O)CCCC(=O)O)CCNc1c(NCCCCCN(O)C(=O)CCC(=O)CCCCCCN(O)C(=O)CCC(=O)NCCCCCN(O)C(=O)CCC(=O)NCCCCCN(O)C(C)=O)c(=O)c1=O. The van der Waals surface area contributed by atoms with E-state index < -0.39 is 40.5 Å². The van der Waals surface area contributed by atoms with E-state index in [0.717, 1.165) is 12.8 Å². The molecule has 0 radical (unpaired) electrons. The largest absolute Gasteiger partial charge is 0.481 e. The Hall–Kier alpha value is -6.42. The van der Waals surface area contributed by atoms with Gasteiger partial charge in [0, 0.05) is 150 Å². The number of carbonyl (C=O) groups is 10. The lowest BCUT2D eigenvalue weighted by atomic mass is 10.1. The molecule has 0 aliphatic heterocycles. The molecule has 0 fully saturated rings. The molecule has 0 aliphatic carbocycles. The average Bonchev–Trinajstić information content (AvgIpc) is 3.44. The van der Waals surface area contributed by atoms with Gasteiger partial charge in [0.25, 0.3) is 10.9 Å². The van der Waals surface area contributed by atoms with Crippen LogP contribution in [-0.4, -0.2) is 189 Å². The van der Waals surface area contributed by atoms with Crippen LogP contribution in [0.5, 0.6) is 0 Å². The summed E-state index contributed by atoms with van der Waals surface area (Å²) in [6.07, 6.45) is 10.4. The number of nitrogens with one attached hydrogen (secondary N) is 5. The zero-order valence-corrected chi connectivity index (χ0v) is 49.2. The smallest absolute Gasteiger partial charge is 0.303 e. The van der Waals surface area contributed by atoms with Crippen LogP contribution in [0, 0.1) is 0 Å². The summed E-state index contributed by atoms with van der Waals surface area (Å²) >= 11 is 0. The lowest BCUT2D eigenvalue weighted by Crippen LogP contribution is -2.41. The van der Waals surface area contributed by atoms with E-state index in [1.165, 1.54) is 6.92 Å². The summed E-state index contributed by atoms with van der Waals surface area (Å²) in [6, 6.07) is 0. The van der Waals surface area contributed by atoms with Crippen LogP contribution in [0.4, 0.5) is 11.4 Å². The summed E-state index contributed by atoms with van der Waals surface area (Å²) in [5.74, 6) is -4.09. The van der Waals surface area contributed by atoms with Crippen molar-refractivity contribution >= 4 is 70.3 Å². The molecular weight excluding hydrogens is 1080 g/mol. The zero-order valence-electron chi connectivity index (χ0n) is 49.2. The number of anilines is 2. The molecule has 0 saturated heterocycles. The Morgan fingerprint density at radius 2 is 0.759 bits per heavy atom. The zero-order chi connectivity index (χ0) is 61.8. The Labute approximate surface area is 487 Å². The fourth-order valence-corrected chi connectivity index (χ4v) is 8.45. The number of hydrogen-bond acceptors (Lipinski definition) is 19. The third kappa shape index (κ3) is 37.4. The third-order valence-electron chi connectivity index (χ3n) is 13.6. The monoisotopic (exact) mass is 1180 g/mol. The second-order valence-corrected chi connectivity index (χ2v) is 20.7. The van der Waals surface area contributed by atoms with Crippen LogP contribution in [0.3, 0.4) is 0 Å². The molecule has 27 heteroatoms. The number of carboxylic acid groups (broad SMARTS) is 1. The second kappa shape index (κ2) is 46.0. The van der Waals surface area contributed by atoms with Crippen LogP contribution in [0.2, 0.25) is 0 Å². The first-order valence-electron chi connectivity index (χ1n) is 29.7. The van der Waals surface area contributed by atoms with Crippen molar-refractivity contribution in [2.75, 3.05) is 89.2 Å². The number of nitrogens with zero attached hydrogens (tertiary/aromatic N) is 5. The maximum absolute atomic E-state index is 12.5. The highest BCUT2D eigenvalue weighted by atomic mass is 16.5. The molecule has 0 saturated carbocycles. The van der Waals surface area contributed by atoms with Crippen LogP contribution in [0.25, 0.3) is 0 Å². The van der Waals surface area contributed by atoms with Crippen LogP contribution in [0.1, 0.15) is 194 Å². The van der Waals surface area contributed by atoms with Crippen molar-refractivity contribution in [3.63, 3.8) is 0 Å². The van der Waals surface area contributed by atoms with Crippen LogP contribution >= 0.6 is 0 Å². The van der Waals surface area contributed by atoms with E-state index in [-0.39, 0.29) is 131 Å². The summed E-state index contributed by atoms with van der Waals surface area (Å²) in [7, 11) is 0. The van der Waals surface area contributed by atoms with Crippen molar-refractivity contribution in [2.24, 2.45) is 0 Å².